The Balaban J connectivity index is 1.41. The average Bonchev–Trinajstić information content (AvgIpc) is 3.73. The first kappa shape index (κ1) is 52.4. The molecule has 7 atom stereocenters. The molecular formula is C33H54N7O17P3S. The predicted octanol–water partition coefficient (Wildman–Crippen LogP) is 2.13. The largest absolute Gasteiger partial charge is 0.481 e. The van der Waals surface area contributed by atoms with Crippen molar-refractivity contribution >= 4 is 69.1 Å². The number of allylic oxidation sites excluding steroid dienone is 1. The molecule has 0 radical (unpaired) electrons. The number of rotatable bonds is 27. The van der Waals surface area contributed by atoms with Gasteiger partial charge < -0.3 is 50.9 Å². The summed E-state index contributed by atoms with van der Waals surface area (Å²) in [7, 11) is -16.4. The second-order valence-corrected chi connectivity index (χ2v) is 19.7. The second kappa shape index (κ2) is 24.2. The smallest absolute Gasteiger partial charge is 0.386 e. The molecule has 3 heterocycles. The van der Waals surface area contributed by atoms with E-state index in [-0.39, 0.29) is 48.0 Å². The number of aliphatic hydroxyl groups excluding tert-OH is 2. The molecule has 2 amide bonds. The summed E-state index contributed by atoms with van der Waals surface area (Å²) in [6.45, 7) is 2.65. The van der Waals surface area contributed by atoms with Crippen LogP contribution in [-0.4, -0.2) is 123 Å². The van der Waals surface area contributed by atoms with E-state index < -0.39 is 84.6 Å². The van der Waals surface area contributed by atoms with E-state index in [4.69, 9.17) is 19.5 Å². The van der Waals surface area contributed by atoms with Gasteiger partial charge in [0.25, 0.3) is 0 Å². The lowest BCUT2D eigenvalue weighted by Crippen LogP contribution is -2.46. The minimum Gasteiger partial charge on any atom is -0.386 e. The molecular weight excluding hydrogens is 891 g/mol. The number of nitrogens with two attached hydrogens (primary N) is 1. The van der Waals surface area contributed by atoms with Crippen LogP contribution in [0.15, 0.2) is 30.5 Å². The normalized spacial score (nSPS) is 20.6. The Labute approximate surface area is 355 Å². The number of phosphoric acid groups is 3. The van der Waals surface area contributed by atoms with Crippen molar-refractivity contribution in [2.75, 3.05) is 37.8 Å². The number of nitrogens with zero attached hydrogens (tertiary/aromatic N) is 4. The van der Waals surface area contributed by atoms with Gasteiger partial charge in [-0.2, -0.15) is 4.31 Å². The zero-order valence-corrected chi connectivity index (χ0v) is 37.2. The fourth-order valence-electron chi connectivity index (χ4n) is 5.51. The lowest BCUT2D eigenvalue weighted by molar-refractivity contribution is -0.137. The minimum atomic E-state index is -5.57. The highest BCUT2D eigenvalue weighted by Crippen LogP contribution is 2.61. The quantitative estimate of drug-likeness (QED) is 0.0352. The van der Waals surface area contributed by atoms with Gasteiger partial charge in [-0.25, -0.2) is 28.6 Å². The molecule has 2 aromatic heterocycles. The van der Waals surface area contributed by atoms with Crippen molar-refractivity contribution in [1.82, 2.24) is 30.2 Å². The molecule has 0 bridgehead atoms. The molecule has 3 rings (SSSR count). The molecule has 0 spiro atoms. The van der Waals surface area contributed by atoms with Gasteiger partial charge in [0.15, 0.2) is 22.8 Å². The zero-order chi connectivity index (χ0) is 45.4. The van der Waals surface area contributed by atoms with Crippen LogP contribution in [0.5, 0.6) is 0 Å². The second-order valence-electron chi connectivity index (χ2n) is 14.3. The van der Waals surface area contributed by atoms with Gasteiger partial charge in [-0.05, 0) is 25.0 Å². The van der Waals surface area contributed by atoms with Crippen molar-refractivity contribution in [2.24, 2.45) is 5.41 Å². The molecule has 0 aromatic carbocycles. The van der Waals surface area contributed by atoms with Crippen LogP contribution in [0, 0.1) is 5.41 Å². The van der Waals surface area contributed by atoms with Crippen LogP contribution in [0.2, 0.25) is 0 Å². The van der Waals surface area contributed by atoms with Crippen molar-refractivity contribution in [2.45, 2.75) is 103 Å². The Morgan fingerprint density at radius 1 is 1.03 bits per heavy atom. The lowest BCUT2D eigenvalue weighted by Gasteiger charge is -2.30. The van der Waals surface area contributed by atoms with Gasteiger partial charge in [-0.1, -0.05) is 58.2 Å². The standard InChI is InChI=1S/C33H54N7O17P3S/c1-4-5-6-7-8-9-10-11-12-13-24(42)61-17-16-35-23(41)14-15-36-31(45)28(44)33(2,3)19-54-60(51,52)57-59(49,50)53-18-22-27(56-58(46,47)48)26(43)32(55-22)40-21-39-25-29(34)37-20-38-30(25)40/h10,12,20-22,26-28,32,43-44H,4-9,13-19H2,1-3H3,(H,35,41)(H,36,45)(H,49,50)(H,51,52)(H2,34,37,38)(H2,46,47,48)/t11?,22-,26-,27-,28+,32+/m1/s1. The number of anilines is 1. The molecule has 24 nitrogen and oxygen atoms in total. The summed E-state index contributed by atoms with van der Waals surface area (Å²) in [6.07, 6.45) is 3.71. The van der Waals surface area contributed by atoms with E-state index in [0.717, 1.165) is 41.8 Å². The average molecular weight is 946 g/mol. The number of thioether (sulfide) groups is 1. The molecule has 1 aliphatic rings. The molecule has 344 valence electrons. The Kier molecular flexibility index (Phi) is 20.8. The lowest BCUT2D eigenvalue weighted by atomic mass is 9.87. The number of carbonyl (C=O) groups excluding carboxylic acids is 3. The number of ether oxygens (including phenoxy) is 1. The minimum absolute atomic E-state index is 0.0305. The van der Waals surface area contributed by atoms with E-state index in [1.165, 1.54) is 39.5 Å². The first-order chi connectivity index (χ1) is 28.6. The summed E-state index contributed by atoms with van der Waals surface area (Å²) < 4.78 is 62.2. The van der Waals surface area contributed by atoms with Gasteiger partial charge in [0.05, 0.1) is 19.5 Å². The maximum absolute atomic E-state index is 12.7. The molecule has 1 aliphatic heterocycles. The van der Waals surface area contributed by atoms with Gasteiger partial charge in [-0.3, -0.25) is 32.5 Å². The highest BCUT2D eigenvalue weighted by molar-refractivity contribution is 8.13. The first-order valence-corrected chi connectivity index (χ1v) is 24.5. The van der Waals surface area contributed by atoms with E-state index in [9.17, 15) is 57.9 Å². The van der Waals surface area contributed by atoms with Gasteiger partial charge in [0.2, 0.25) is 11.8 Å². The number of imidazole rings is 1. The van der Waals surface area contributed by atoms with Gasteiger partial charge in [0, 0.05) is 37.1 Å². The van der Waals surface area contributed by atoms with Crippen LogP contribution in [0.4, 0.5) is 5.82 Å². The molecule has 10 N–H and O–H groups in total. The van der Waals surface area contributed by atoms with Gasteiger partial charge in [0.1, 0.15) is 36.3 Å². The molecule has 1 saturated heterocycles. The van der Waals surface area contributed by atoms with Crippen molar-refractivity contribution < 1.29 is 80.5 Å². The maximum atomic E-state index is 12.7. The Hall–Kier alpha value is -2.92. The molecule has 61 heavy (non-hydrogen) atoms. The van der Waals surface area contributed by atoms with Crippen LogP contribution in [0.3, 0.4) is 0 Å². The number of phosphoric ester groups is 3. The highest BCUT2D eigenvalue weighted by atomic mass is 32.2. The fourth-order valence-corrected chi connectivity index (χ4v) is 8.97. The van der Waals surface area contributed by atoms with Crippen molar-refractivity contribution in [1.29, 1.82) is 0 Å². The number of carbonyl (C=O) groups is 3. The summed E-state index contributed by atoms with van der Waals surface area (Å²) in [5.41, 5.74) is 7.28. The maximum Gasteiger partial charge on any atom is 0.481 e. The molecule has 0 saturated carbocycles. The highest BCUT2D eigenvalue weighted by Gasteiger charge is 2.50. The topological polar surface area (TPSA) is 364 Å². The molecule has 28 heteroatoms. The van der Waals surface area contributed by atoms with E-state index in [1.54, 1.807) is 6.08 Å². The van der Waals surface area contributed by atoms with Crippen molar-refractivity contribution in [3.8, 4) is 0 Å². The van der Waals surface area contributed by atoms with E-state index >= 15 is 0 Å². The van der Waals surface area contributed by atoms with E-state index in [1.807, 2.05) is 6.08 Å². The summed E-state index contributed by atoms with van der Waals surface area (Å²) >= 11 is 1.06. The monoisotopic (exact) mass is 945 g/mol. The molecule has 2 unspecified atom stereocenters. The van der Waals surface area contributed by atoms with Crippen LogP contribution >= 0.6 is 35.2 Å². The third-order valence-electron chi connectivity index (χ3n) is 8.72. The number of nitrogens with one attached hydrogen (secondary N) is 2. The van der Waals surface area contributed by atoms with Gasteiger partial charge >= 0.3 is 23.5 Å². The van der Waals surface area contributed by atoms with Crippen molar-refractivity contribution in [3.63, 3.8) is 0 Å². The number of hydrogen-bond acceptors (Lipinski definition) is 18. The summed E-state index contributed by atoms with van der Waals surface area (Å²) in [6, 6.07) is 0. The third-order valence-corrected chi connectivity index (χ3v) is 12.7. The molecule has 0 aliphatic carbocycles. The number of aliphatic hydroxyl groups is 2. The summed E-state index contributed by atoms with van der Waals surface area (Å²) in [5, 5.41) is 26.4. The summed E-state index contributed by atoms with van der Waals surface area (Å²) in [4.78, 5) is 87.9. The summed E-state index contributed by atoms with van der Waals surface area (Å²) in [5.74, 6) is -1.12. The number of aromatic nitrogens is 4. The fraction of sp³-hybridized carbons (Fsp3) is 0.667. The Bertz CT molecular complexity index is 2000. The van der Waals surface area contributed by atoms with Crippen LogP contribution in [0.1, 0.15) is 78.4 Å². The van der Waals surface area contributed by atoms with Crippen LogP contribution < -0.4 is 16.4 Å². The number of hydrogen-bond donors (Lipinski definition) is 9. The molecule has 2 aromatic rings. The zero-order valence-electron chi connectivity index (χ0n) is 33.7. The van der Waals surface area contributed by atoms with Gasteiger partial charge in [-0.15, -0.1) is 5.73 Å². The number of unbranched alkanes of at least 4 members (excludes halogenated alkanes) is 5. The predicted molar refractivity (Wildman–Crippen MR) is 218 cm³/mol. The van der Waals surface area contributed by atoms with E-state index in [0.29, 0.717) is 5.75 Å². The molecule has 1 fully saturated rings. The van der Waals surface area contributed by atoms with E-state index in [2.05, 4.69) is 47.1 Å². The number of fused-ring (bicyclic) bond motifs is 1. The number of nitrogen functional groups attached to an aromatic ring is 1. The first-order valence-electron chi connectivity index (χ1n) is 19.0. The SMILES string of the molecule is CCCCCCCC=C=CCC(=O)SCCNC(=O)CCNC(=O)[C@H](O)C(C)(C)COP(=O)(O)OP(=O)(O)OC[C@H]1O[C@H](n2cnc3c(N)ncnc32)[C@H](O)[C@@H]1OP(=O)(O)O. The van der Waals surface area contributed by atoms with Crippen molar-refractivity contribution in [3.05, 3.63) is 30.5 Å². The third kappa shape index (κ3) is 18.0. The van der Waals surface area contributed by atoms with Crippen LogP contribution in [0.25, 0.3) is 11.2 Å². The van der Waals surface area contributed by atoms with Crippen LogP contribution in [-0.2, 0) is 50.7 Å². The Morgan fingerprint density at radius 2 is 1.74 bits per heavy atom. The number of amides is 2. The Morgan fingerprint density at radius 3 is 2.44 bits per heavy atom.